The summed E-state index contributed by atoms with van der Waals surface area (Å²) in [5.41, 5.74) is 1.38. The Morgan fingerprint density at radius 3 is 1.57 bits per heavy atom. The maximum atomic E-state index is 12.2. The van der Waals surface area contributed by atoms with Crippen LogP contribution in [0, 0.1) is 0 Å². The van der Waals surface area contributed by atoms with Gasteiger partial charge in [-0.05, 0) is 74.2 Å². The molecule has 2 amide bonds. The van der Waals surface area contributed by atoms with Crippen LogP contribution in [-0.4, -0.2) is 44.7 Å². The van der Waals surface area contributed by atoms with E-state index in [1.165, 1.54) is 0 Å². The monoisotopic (exact) mass is 412 g/mol. The normalized spacial score (nSPS) is 20.7. The smallest absolute Gasteiger partial charge is 0.323 e. The van der Waals surface area contributed by atoms with Crippen molar-refractivity contribution in [2.75, 3.05) is 37.1 Å². The summed E-state index contributed by atoms with van der Waals surface area (Å²) in [6.45, 7) is 2.75. The average molecular weight is 412 g/mol. The van der Waals surface area contributed by atoms with Crippen LogP contribution in [0.2, 0.25) is 0 Å². The lowest BCUT2D eigenvalue weighted by molar-refractivity contribution is 0.0679. The maximum absolute atomic E-state index is 12.2. The lowest BCUT2D eigenvalue weighted by Gasteiger charge is -2.13. The van der Waals surface area contributed by atoms with Gasteiger partial charge in [0.15, 0.2) is 0 Å². The topological polar surface area (TPSA) is 78.1 Å². The summed E-state index contributed by atoms with van der Waals surface area (Å²) in [5.74, 6) is 1.52. The van der Waals surface area contributed by atoms with Crippen LogP contribution in [0.25, 0.3) is 0 Å². The van der Waals surface area contributed by atoms with Crippen LogP contribution in [0.4, 0.5) is 16.2 Å². The number of nitrogens with one attached hydrogen (secondary N) is 2. The number of rotatable bonds is 8. The van der Waals surface area contributed by atoms with E-state index in [1.54, 1.807) is 0 Å². The van der Waals surface area contributed by atoms with Crippen LogP contribution in [0.5, 0.6) is 11.5 Å². The molecule has 0 spiro atoms. The number of carbonyl (C=O) groups is 1. The van der Waals surface area contributed by atoms with Gasteiger partial charge in [0, 0.05) is 24.6 Å². The first-order valence-electron chi connectivity index (χ1n) is 10.5. The third-order valence-corrected chi connectivity index (χ3v) is 5.14. The fourth-order valence-electron chi connectivity index (χ4n) is 3.49. The summed E-state index contributed by atoms with van der Waals surface area (Å²) in [6, 6.07) is 14.3. The van der Waals surface area contributed by atoms with Crippen LogP contribution in [-0.2, 0) is 9.47 Å². The molecule has 0 aliphatic carbocycles. The fraction of sp³-hybridized carbons (Fsp3) is 0.435. The second kappa shape index (κ2) is 10.3. The van der Waals surface area contributed by atoms with Gasteiger partial charge >= 0.3 is 6.03 Å². The molecule has 2 N–H and O–H groups in total. The quantitative estimate of drug-likeness (QED) is 0.670. The van der Waals surface area contributed by atoms with Gasteiger partial charge in [0.05, 0.1) is 12.2 Å². The van der Waals surface area contributed by atoms with Gasteiger partial charge < -0.3 is 29.6 Å². The molecule has 2 aliphatic rings. The molecule has 2 aromatic rings. The molecule has 7 heteroatoms. The van der Waals surface area contributed by atoms with E-state index in [4.69, 9.17) is 18.9 Å². The molecule has 2 aromatic carbocycles. The Kier molecular flexibility index (Phi) is 7.05. The molecule has 2 saturated heterocycles. The largest absolute Gasteiger partial charge is 0.491 e. The first kappa shape index (κ1) is 20.5. The Hall–Kier alpha value is -2.77. The van der Waals surface area contributed by atoms with Crippen LogP contribution >= 0.6 is 0 Å². The Morgan fingerprint density at radius 1 is 0.767 bits per heavy atom. The van der Waals surface area contributed by atoms with Crippen molar-refractivity contribution in [3.8, 4) is 11.5 Å². The van der Waals surface area contributed by atoms with Crippen molar-refractivity contribution in [1.82, 2.24) is 0 Å². The standard InChI is InChI=1S/C23H28N2O5/c26-23(24-17-5-9-19(10-6-17)29-15-21-3-1-13-27-21)25-18-7-11-20(12-8-18)30-16-22-4-2-14-28-22/h5-12,21-22H,1-4,13-16H2,(H2,24,25,26). The average Bonchev–Trinajstić information content (AvgIpc) is 3.47. The van der Waals surface area contributed by atoms with Crippen LogP contribution in [0.1, 0.15) is 25.7 Å². The van der Waals surface area contributed by atoms with Gasteiger partial charge in [0.2, 0.25) is 0 Å². The van der Waals surface area contributed by atoms with Gasteiger partial charge in [-0.3, -0.25) is 0 Å². The maximum Gasteiger partial charge on any atom is 0.323 e. The van der Waals surface area contributed by atoms with Crippen molar-refractivity contribution < 1.29 is 23.7 Å². The molecule has 4 rings (SSSR count). The number of anilines is 2. The molecule has 0 bridgehead atoms. The number of benzene rings is 2. The predicted molar refractivity (Wildman–Crippen MR) is 114 cm³/mol. The highest BCUT2D eigenvalue weighted by Gasteiger charge is 2.16. The zero-order chi connectivity index (χ0) is 20.6. The highest BCUT2D eigenvalue weighted by molar-refractivity contribution is 5.99. The number of hydrogen-bond donors (Lipinski definition) is 2. The molecule has 2 atom stereocenters. The van der Waals surface area contributed by atoms with E-state index >= 15 is 0 Å². The van der Waals surface area contributed by atoms with Crippen LogP contribution < -0.4 is 20.1 Å². The van der Waals surface area contributed by atoms with Gasteiger partial charge in [-0.15, -0.1) is 0 Å². The molecule has 0 saturated carbocycles. The lowest BCUT2D eigenvalue weighted by atomic mass is 10.2. The summed E-state index contributed by atoms with van der Waals surface area (Å²) in [5, 5.41) is 5.63. The number of ether oxygens (including phenoxy) is 4. The summed E-state index contributed by atoms with van der Waals surface area (Å²) < 4.78 is 22.6. The van der Waals surface area contributed by atoms with Gasteiger partial charge in [-0.25, -0.2) is 4.79 Å². The summed E-state index contributed by atoms with van der Waals surface area (Å²) in [4.78, 5) is 12.2. The summed E-state index contributed by atoms with van der Waals surface area (Å²) in [6.07, 6.45) is 4.64. The van der Waals surface area contributed by atoms with Crippen molar-refractivity contribution in [1.29, 1.82) is 0 Å². The van der Waals surface area contributed by atoms with Crippen LogP contribution in [0.15, 0.2) is 48.5 Å². The number of urea groups is 1. The summed E-state index contributed by atoms with van der Waals surface area (Å²) >= 11 is 0. The van der Waals surface area contributed by atoms with Crippen molar-refractivity contribution in [2.24, 2.45) is 0 Å². The van der Waals surface area contributed by atoms with Gasteiger partial charge in [-0.1, -0.05) is 0 Å². The van der Waals surface area contributed by atoms with E-state index in [1.807, 2.05) is 48.5 Å². The van der Waals surface area contributed by atoms with E-state index in [2.05, 4.69) is 10.6 Å². The highest BCUT2D eigenvalue weighted by Crippen LogP contribution is 2.20. The molecule has 2 aliphatic heterocycles. The predicted octanol–water partition coefficient (Wildman–Crippen LogP) is 4.45. The van der Waals surface area contributed by atoms with E-state index in [0.717, 1.165) is 50.4 Å². The number of hydrogen-bond acceptors (Lipinski definition) is 5. The Labute approximate surface area is 176 Å². The van der Waals surface area contributed by atoms with E-state index in [9.17, 15) is 4.79 Å². The highest BCUT2D eigenvalue weighted by atomic mass is 16.5. The first-order chi connectivity index (χ1) is 14.7. The first-order valence-corrected chi connectivity index (χ1v) is 10.5. The molecular formula is C23H28N2O5. The van der Waals surface area contributed by atoms with E-state index in [-0.39, 0.29) is 18.2 Å². The third-order valence-electron chi connectivity index (χ3n) is 5.14. The van der Waals surface area contributed by atoms with Gasteiger partial charge in [-0.2, -0.15) is 0 Å². The van der Waals surface area contributed by atoms with Crippen molar-refractivity contribution in [3.63, 3.8) is 0 Å². The minimum atomic E-state index is -0.309. The summed E-state index contributed by atoms with van der Waals surface area (Å²) in [7, 11) is 0. The molecule has 2 unspecified atom stereocenters. The molecule has 160 valence electrons. The molecule has 0 radical (unpaired) electrons. The van der Waals surface area contributed by atoms with E-state index in [0.29, 0.717) is 24.6 Å². The minimum Gasteiger partial charge on any atom is -0.491 e. The number of carbonyl (C=O) groups excluding carboxylic acids is 1. The lowest BCUT2D eigenvalue weighted by Crippen LogP contribution is -2.19. The van der Waals surface area contributed by atoms with E-state index < -0.39 is 0 Å². The molecule has 2 fully saturated rings. The second-order valence-electron chi connectivity index (χ2n) is 7.52. The van der Waals surface area contributed by atoms with Crippen molar-refractivity contribution in [2.45, 2.75) is 37.9 Å². The molecule has 7 nitrogen and oxygen atoms in total. The van der Waals surface area contributed by atoms with Gasteiger partial charge in [0.1, 0.15) is 24.7 Å². The zero-order valence-electron chi connectivity index (χ0n) is 17.0. The second-order valence-corrected chi connectivity index (χ2v) is 7.52. The van der Waals surface area contributed by atoms with Crippen molar-refractivity contribution in [3.05, 3.63) is 48.5 Å². The van der Waals surface area contributed by atoms with Gasteiger partial charge in [0.25, 0.3) is 0 Å². The number of amides is 2. The Morgan fingerprint density at radius 2 is 1.20 bits per heavy atom. The molecule has 30 heavy (non-hydrogen) atoms. The van der Waals surface area contributed by atoms with Crippen molar-refractivity contribution >= 4 is 17.4 Å². The molecular weight excluding hydrogens is 384 g/mol. The fourth-order valence-corrected chi connectivity index (χ4v) is 3.49. The van der Waals surface area contributed by atoms with Crippen LogP contribution in [0.3, 0.4) is 0 Å². The minimum absolute atomic E-state index is 0.182. The Balaban J connectivity index is 1.19. The Bertz CT molecular complexity index is 730. The molecule has 0 aromatic heterocycles. The third kappa shape index (κ3) is 6.11. The zero-order valence-corrected chi connectivity index (χ0v) is 17.0. The SMILES string of the molecule is O=C(Nc1ccc(OCC2CCCO2)cc1)Nc1ccc(OCC2CCCO2)cc1. The molecule has 2 heterocycles.